The number of hydrogen-bond donors (Lipinski definition) is 2. The van der Waals surface area contributed by atoms with Crippen molar-refractivity contribution in [3.8, 4) is 0 Å². The molecule has 0 radical (unpaired) electrons. The van der Waals surface area contributed by atoms with Gasteiger partial charge >= 0.3 is 0 Å². The summed E-state index contributed by atoms with van der Waals surface area (Å²) in [5.41, 5.74) is 5.13. The molecule has 0 atom stereocenters. The van der Waals surface area contributed by atoms with Gasteiger partial charge in [0.2, 0.25) is 0 Å². The van der Waals surface area contributed by atoms with Gasteiger partial charge in [0.25, 0.3) is 0 Å². The van der Waals surface area contributed by atoms with E-state index in [9.17, 15) is 0 Å². The summed E-state index contributed by atoms with van der Waals surface area (Å²) in [7, 11) is 0. The van der Waals surface area contributed by atoms with Crippen molar-refractivity contribution in [2.75, 3.05) is 11.9 Å². The Morgan fingerprint density at radius 2 is 1.80 bits per heavy atom. The molecule has 2 nitrogen and oxygen atoms in total. The summed E-state index contributed by atoms with van der Waals surface area (Å²) in [5.74, 6) is 0.813. The number of rotatable bonds is 6. The topological polar surface area (TPSA) is 32.3 Å². The van der Waals surface area contributed by atoms with Gasteiger partial charge in [-0.2, -0.15) is 0 Å². The Kier molecular flexibility index (Phi) is 4.03. The fourth-order valence-corrected chi connectivity index (χ4v) is 2.50. The van der Waals surface area contributed by atoms with Gasteiger partial charge in [-0.15, -0.1) is 0 Å². The van der Waals surface area contributed by atoms with Gasteiger partial charge in [0.15, 0.2) is 0 Å². The molecule has 0 unspecified atom stereocenters. The zero-order valence-corrected chi connectivity index (χ0v) is 11.7. The van der Waals surface area contributed by atoms with Crippen LogP contribution >= 0.6 is 0 Å². The normalized spacial score (nSPS) is 14.2. The maximum atomic E-state index is 8.90. The van der Waals surface area contributed by atoms with E-state index in [0.29, 0.717) is 0 Å². The minimum atomic E-state index is 0.209. The second kappa shape index (κ2) is 6.10. The average Bonchev–Trinajstić information content (AvgIpc) is 3.32. The fraction of sp³-hybridized carbons (Fsp3) is 0.333. The highest BCUT2D eigenvalue weighted by atomic mass is 16.2. The van der Waals surface area contributed by atoms with Crippen molar-refractivity contribution in [1.82, 2.24) is 0 Å². The summed E-state index contributed by atoms with van der Waals surface area (Å²) in [6.07, 6.45) is 3.43. The van der Waals surface area contributed by atoms with Crippen molar-refractivity contribution < 1.29 is 5.11 Å². The maximum Gasteiger partial charge on any atom is 0.0471 e. The maximum absolute atomic E-state index is 8.90. The van der Waals surface area contributed by atoms with Crippen molar-refractivity contribution in [2.45, 2.75) is 31.7 Å². The number of aliphatic hydroxyl groups is 1. The fourth-order valence-electron chi connectivity index (χ4n) is 2.50. The standard InChI is InChI=1S/C18H21NO/c20-11-10-14-4-8-18(9-5-14)19-13-15-2-1-3-17(12-15)16-6-7-16/h1-5,8-9,12,16,19-20H,6-7,10-11,13H2. The molecule has 2 heteroatoms. The van der Waals surface area contributed by atoms with Crippen molar-refractivity contribution in [3.63, 3.8) is 0 Å². The lowest BCUT2D eigenvalue weighted by molar-refractivity contribution is 0.299. The Hall–Kier alpha value is -1.80. The molecule has 1 aliphatic carbocycles. The van der Waals surface area contributed by atoms with Gasteiger partial charge in [0, 0.05) is 18.8 Å². The molecule has 1 aliphatic rings. The second-order valence-electron chi connectivity index (χ2n) is 5.54. The minimum absolute atomic E-state index is 0.209. The molecule has 1 fully saturated rings. The Balaban J connectivity index is 1.59. The predicted octanol–water partition coefficient (Wildman–Crippen LogP) is 3.71. The number of hydrogen-bond acceptors (Lipinski definition) is 2. The van der Waals surface area contributed by atoms with Gasteiger partial charge in [-0.3, -0.25) is 0 Å². The van der Waals surface area contributed by atoms with Crippen LogP contribution in [0.5, 0.6) is 0 Å². The predicted molar refractivity (Wildman–Crippen MR) is 83.0 cm³/mol. The van der Waals surface area contributed by atoms with Gasteiger partial charge < -0.3 is 10.4 Å². The van der Waals surface area contributed by atoms with E-state index in [1.54, 1.807) is 0 Å². The number of anilines is 1. The SMILES string of the molecule is OCCc1ccc(NCc2cccc(C3CC3)c2)cc1. The van der Waals surface area contributed by atoms with Crippen molar-refractivity contribution in [3.05, 3.63) is 65.2 Å². The molecule has 0 spiro atoms. The second-order valence-corrected chi connectivity index (χ2v) is 5.54. The van der Waals surface area contributed by atoms with Crippen LogP contribution in [0.4, 0.5) is 5.69 Å². The summed E-state index contributed by atoms with van der Waals surface area (Å²) < 4.78 is 0. The highest BCUT2D eigenvalue weighted by Gasteiger charge is 2.23. The van der Waals surface area contributed by atoms with E-state index in [2.05, 4.69) is 53.8 Å². The monoisotopic (exact) mass is 267 g/mol. The molecule has 0 aliphatic heterocycles. The van der Waals surface area contributed by atoms with Gasteiger partial charge in [-0.05, 0) is 54.0 Å². The third-order valence-electron chi connectivity index (χ3n) is 3.85. The summed E-state index contributed by atoms with van der Waals surface area (Å²) in [6, 6.07) is 17.2. The average molecular weight is 267 g/mol. The van der Waals surface area contributed by atoms with Gasteiger partial charge in [0.05, 0.1) is 0 Å². The molecular weight excluding hydrogens is 246 g/mol. The Morgan fingerprint density at radius 1 is 1.00 bits per heavy atom. The van der Waals surface area contributed by atoms with Crippen LogP contribution in [0.15, 0.2) is 48.5 Å². The van der Waals surface area contributed by atoms with Crippen LogP contribution in [0, 0.1) is 0 Å². The summed E-state index contributed by atoms with van der Waals surface area (Å²) >= 11 is 0. The first-order chi connectivity index (χ1) is 9.85. The molecule has 20 heavy (non-hydrogen) atoms. The van der Waals surface area contributed by atoms with Crippen LogP contribution in [0.3, 0.4) is 0 Å². The van der Waals surface area contributed by atoms with E-state index < -0.39 is 0 Å². The third kappa shape index (κ3) is 3.40. The summed E-state index contributed by atoms with van der Waals surface area (Å²) in [5, 5.41) is 12.4. The molecule has 0 heterocycles. The zero-order valence-electron chi connectivity index (χ0n) is 11.7. The molecule has 0 bridgehead atoms. The number of nitrogens with one attached hydrogen (secondary N) is 1. The Bertz CT molecular complexity index is 558. The van der Waals surface area contributed by atoms with Gasteiger partial charge in [-0.1, -0.05) is 36.4 Å². The first-order valence-electron chi connectivity index (χ1n) is 7.37. The highest BCUT2D eigenvalue weighted by Crippen LogP contribution is 2.40. The van der Waals surface area contributed by atoms with Crippen LogP contribution in [-0.4, -0.2) is 11.7 Å². The van der Waals surface area contributed by atoms with Crippen LogP contribution < -0.4 is 5.32 Å². The lowest BCUT2D eigenvalue weighted by atomic mass is 10.1. The largest absolute Gasteiger partial charge is 0.396 e. The quantitative estimate of drug-likeness (QED) is 0.836. The van der Waals surface area contributed by atoms with E-state index in [0.717, 1.165) is 24.6 Å². The first-order valence-corrected chi connectivity index (χ1v) is 7.37. The molecule has 2 aromatic carbocycles. The molecule has 0 amide bonds. The van der Waals surface area contributed by atoms with E-state index in [1.807, 2.05) is 0 Å². The third-order valence-corrected chi connectivity index (χ3v) is 3.85. The van der Waals surface area contributed by atoms with E-state index in [1.165, 1.54) is 29.5 Å². The number of benzene rings is 2. The highest BCUT2D eigenvalue weighted by molar-refractivity contribution is 5.45. The van der Waals surface area contributed by atoms with Crippen molar-refractivity contribution in [2.24, 2.45) is 0 Å². The zero-order chi connectivity index (χ0) is 13.8. The van der Waals surface area contributed by atoms with Crippen molar-refractivity contribution in [1.29, 1.82) is 0 Å². The lowest BCUT2D eigenvalue weighted by Gasteiger charge is -2.09. The molecule has 2 N–H and O–H groups in total. The van der Waals surface area contributed by atoms with Crippen LogP contribution in [0.2, 0.25) is 0 Å². The minimum Gasteiger partial charge on any atom is -0.396 e. The molecular formula is C18H21NO. The molecule has 0 saturated heterocycles. The lowest BCUT2D eigenvalue weighted by Crippen LogP contribution is -2.00. The molecule has 3 rings (SSSR count). The Labute approximate surface area is 120 Å². The molecule has 2 aromatic rings. The van der Waals surface area contributed by atoms with Crippen LogP contribution in [0.1, 0.15) is 35.4 Å². The summed E-state index contributed by atoms with van der Waals surface area (Å²) in [4.78, 5) is 0. The smallest absolute Gasteiger partial charge is 0.0471 e. The van der Waals surface area contributed by atoms with Crippen LogP contribution in [0.25, 0.3) is 0 Å². The summed E-state index contributed by atoms with van der Waals surface area (Å²) in [6.45, 7) is 1.07. The van der Waals surface area contributed by atoms with E-state index in [-0.39, 0.29) is 6.61 Å². The van der Waals surface area contributed by atoms with Gasteiger partial charge in [0.1, 0.15) is 0 Å². The number of aliphatic hydroxyl groups excluding tert-OH is 1. The van der Waals surface area contributed by atoms with Crippen LogP contribution in [-0.2, 0) is 13.0 Å². The van der Waals surface area contributed by atoms with Gasteiger partial charge in [-0.25, -0.2) is 0 Å². The van der Waals surface area contributed by atoms with E-state index in [4.69, 9.17) is 5.11 Å². The molecule has 0 aromatic heterocycles. The molecule has 1 saturated carbocycles. The first kappa shape index (κ1) is 13.2. The van der Waals surface area contributed by atoms with E-state index >= 15 is 0 Å². The molecule has 104 valence electrons. The van der Waals surface area contributed by atoms with Crippen molar-refractivity contribution >= 4 is 5.69 Å². The Morgan fingerprint density at radius 3 is 2.50 bits per heavy atom.